The third-order valence-corrected chi connectivity index (χ3v) is 4.32. The molecule has 0 bridgehead atoms. The summed E-state index contributed by atoms with van der Waals surface area (Å²) in [6, 6.07) is 13.7. The summed E-state index contributed by atoms with van der Waals surface area (Å²) in [5, 5.41) is 11.4. The number of benzene rings is 2. The molecule has 2 atom stereocenters. The third kappa shape index (κ3) is 2.41. The second-order valence-corrected chi connectivity index (χ2v) is 5.64. The van der Waals surface area contributed by atoms with Gasteiger partial charge in [-0.2, -0.15) is 0 Å². The van der Waals surface area contributed by atoms with Gasteiger partial charge in [-0.3, -0.25) is 0 Å². The van der Waals surface area contributed by atoms with E-state index in [9.17, 15) is 5.11 Å². The number of ether oxygens (including phenoxy) is 1. The summed E-state index contributed by atoms with van der Waals surface area (Å²) < 4.78 is 5.24. The molecule has 0 amide bonds. The van der Waals surface area contributed by atoms with Crippen LogP contribution in [0, 0.1) is 0 Å². The zero-order valence-corrected chi connectivity index (χ0v) is 12.1. The minimum atomic E-state index is -0.467. The highest BCUT2D eigenvalue weighted by Crippen LogP contribution is 2.41. The van der Waals surface area contributed by atoms with Crippen LogP contribution in [-0.4, -0.2) is 12.2 Å². The molecule has 0 fully saturated rings. The molecule has 20 heavy (non-hydrogen) atoms. The SMILES string of the molecule is COc1ccc2c(c1)CC[C@H](c1ccc(Cl)cc1)[C@@H]2O. The van der Waals surface area contributed by atoms with Gasteiger partial charge in [-0.1, -0.05) is 29.8 Å². The van der Waals surface area contributed by atoms with E-state index in [-0.39, 0.29) is 5.92 Å². The van der Waals surface area contributed by atoms with Crippen molar-refractivity contribution in [1.29, 1.82) is 0 Å². The van der Waals surface area contributed by atoms with Gasteiger partial charge in [0.2, 0.25) is 0 Å². The van der Waals surface area contributed by atoms with Crippen LogP contribution in [0.2, 0.25) is 5.02 Å². The van der Waals surface area contributed by atoms with Gasteiger partial charge < -0.3 is 9.84 Å². The van der Waals surface area contributed by atoms with Crippen molar-refractivity contribution in [1.82, 2.24) is 0 Å². The number of fused-ring (bicyclic) bond motifs is 1. The molecule has 3 heteroatoms. The summed E-state index contributed by atoms with van der Waals surface area (Å²) in [5.41, 5.74) is 3.34. The van der Waals surface area contributed by atoms with Gasteiger partial charge in [0, 0.05) is 10.9 Å². The highest BCUT2D eigenvalue weighted by atomic mass is 35.5. The normalized spacial score (nSPS) is 21.4. The molecular formula is C17H17ClO2. The third-order valence-electron chi connectivity index (χ3n) is 4.07. The molecule has 0 aromatic heterocycles. The smallest absolute Gasteiger partial charge is 0.119 e. The molecule has 0 unspecified atom stereocenters. The van der Waals surface area contributed by atoms with Crippen LogP contribution >= 0.6 is 11.6 Å². The predicted octanol–water partition coefficient (Wildman–Crippen LogP) is 4.11. The van der Waals surface area contributed by atoms with E-state index >= 15 is 0 Å². The number of hydrogen-bond acceptors (Lipinski definition) is 2. The molecule has 2 aromatic carbocycles. The molecule has 0 saturated carbocycles. The maximum Gasteiger partial charge on any atom is 0.119 e. The van der Waals surface area contributed by atoms with E-state index in [0.29, 0.717) is 0 Å². The first-order valence-corrected chi connectivity index (χ1v) is 7.17. The highest BCUT2D eigenvalue weighted by molar-refractivity contribution is 6.30. The fourth-order valence-corrected chi connectivity index (χ4v) is 3.08. The van der Waals surface area contributed by atoms with Gasteiger partial charge in [-0.25, -0.2) is 0 Å². The number of hydrogen-bond donors (Lipinski definition) is 1. The van der Waals surface area contributed by atoms with Crippen LogP contribution in [0.5, 0.6) is 5.75 Å². The van der Waals surface area contributed by atoms with Crippen LogP contribution in [0.15, 0.2) is 42.5 Å². The number of methoxy groups -OCH3 is 1. The molecule has 0 spiro atoms. The minimum absolute atomic E-state index is 0.133. The summed E-state index contributed by atoms with van der Waals surface area (Å²) in [4.78, 5) is 0. The molecule has 0 aliphatic heterocycles. The van der Waals surface area contributed by atoms with Crippen molar-refractivity contribution in [2.45, 2.75) is 24.9 Å². The largest absolute Gasteiger partial charge is 0.497 e. The molecule has 3 rings (SSSR count). The molecule has 0 saturated heterocycles. The molecule has 0 heterocycles. The summed E-state index contributed by atoms with van der Waals surface area (Å²) in [6.45, 7) is 0. The molecule has 2 nitrogen and oxygen atoms in total. The summed E-state index contributed by atoms with van der Waals surface area (Å²) >= 11 is 5.93. The standard InChI is InChI=1S/C17H17ClO2/c1-20-14-7-9-16-12(10-14)4-8-15(17(16)19)11-2-5-13(18)6-3-11/h2-3,5-7,9-10,15,17,19H,4,8H2,1H3/t15-,17+/m1/s1. The molecule has 1 N–H and O–H groups in total. The quantitative estimate of drug-likeness (QED) is 0.901. The van der Waals surface area contributed by atoms with Crippen LogP contribution in [-0.2, 0) is 6.42 Å². The second kappa shape index (κ2) is 5.47. The van der Waals surface area contributed by atoms with E-state index in [0.717, 1.165) is 34.7 Å². The number of aryl methyl sites for hydroxylation is 1. The lowest BCUT2D eigenvalue weighted by atomic mass is 9.78. The lowest BCUT2D eigenvalue weighted by molar-refractivity contribution is 0.131. The Morgan fingerprint density at radius 2 is 1.90 bits per heavy atom. The van der Waals surface area contributed by atoms with Gasteiger partial charge in [0.1, 0.15) is 5.75 Å². The number of halogens is 1. The zero-order chi connectivity index (χ0) is 14.1. The van der Waals surface area contributed by atoms with Crippen LogP contribution < -0.4 is 4.74 Å². The Balaban J connectivity index is 1.92. The molecule has 0 radical (unpaired) electrons. The van der Waals surface area contributed by atoms with Crippen LogP contribution in [0.4, 0.5) is 0 Å². The Hall–Kier alpha value is -1.51. The van der Waals surface area contributed by atoms with Crippen molar-refractivity contribution in [3.8, 4) is 5.75 Å². The van der Waals surface area contributed by atoms with Gasteiger partial charge in [0.05, 0.1) is 13.2 Å². The van der Waals surface area contributed by atoms with Gasteiger partial charge >= 0.3 is 0 Å². The van der Waals surface area contributed by atoms with Gasteiger partial charge in [-0.05, 0) is 53.8 Å². The van der Waals surface area contributed by atoms with E-state index in [1.807, 2.05) is 42.5 Å². The average molecular weight is 289 g/mol. The van der Waals surface area contributed by atoms with Crippen LogP contribution in [0.25, 0.3) is 0 Å². The zero-order valence-electron chi connectivity index (χ0n) is 11.3. The van der Waals surface area contributed by atoms with E-state index in [2.05, 4.69) is 0 Å². The van der Waals surface area contributed by atoms with Crippen molar-refractivity contribution < 1.29 is 9.84 Å². The predicted molar refractivity (Wildman–Crippen MR) is 80.5 cm³/mol. The topological polar surface area (TPSA) is 29.5 Å². The van der Waals surface area contributed by atoms with Gasteiger partial charge in [0.25, 0.3) is 0 Å². The maximum absolute atomic E-state index is 10.6. The summed E-state index contributed by atoms with van der Waals surface area (Å²) in [5.74, 6) is 0.981. The molecular weight excluding hydrogens is 272 g/mol. The number of aliphatic hydroxyl groups is 1. The average Bonchev–Trinajstić information content (AvgIpc) is 2.48. The lowest BCUT2D eigenvalue weighted by Gasteiger charge is -2.30. The lowest BCUT2D eigenvalue weighted by Crippen LogP contribution is -2.19. The first-order chi connectivity index (χ1) is 9.69. The second-order valence-electron chi connectivity index (χ2n) is 5.21. The number of rotatable bonds is 2. The summed E-state index contributed by atoms with van der Waals surface area (Å²) in [6.07, 6.45) is 1.42. The fourth-order valence-electron chi connectivity index (χ4n) is 2.96. The maximum atomic E-state index is 10.6. The Morgan fingerprint density at radius 3 is 2.60 bits per heavy atom. The molecule has 1 aliphatic carbocycles. The van der Waals surface area contributed by atoms with E-state index < -0.39 is 6.10 Å². The van der Waals surface area contributed by atoms with Crippen molar-refractivity contribution in [2.24, 2.45) is 0 Å². The van der Waals surface area contributed by atoms with Crippen molar-refractivity contribution >= 4 is 11.6 Å². The van der Waals surface area contributed by atoms with Crippen molar-refractivity contribution in [3.05, 3.63) is 64.2 Å². The Labute approximate surface area is 124 Å². The van der Waals surface area contributed by atoms with E-state index in [1.165, 1.54) is 5.56 Å². The van der Waals surface area contributed by atoms with Gasteiger partial charge in [0.15, 0.2) is 0 Å². The molecule has 2 aromatic rings. The van der Waals surface area contributed by atoms with Crippen molar-refractivity contribution in [2.75, 3.05) is 7.11 Å². The Kier molecular flexibility index (Phi) is 3.68. The van der Waals surface area contributed by atoms with Crippen LogP contribution in [0.1, 0.15) is 35.1 Å². The Morgan fingerprint density at radius 1 is 1.15 bits per heavy atom. The highest BCUT2D eigenvalue weighted by Gasteiger charge is 2.29. The molecule has 104 valence electrons. The number of aliphatic hydroxyl groups excluding tert-OH is 1. The Bertz CT molecular complexity index is 607. The minimum Gasteiger partial charge on any atom is -0.497 e. The van der Waals surface area contributed by atoms with Gasteiger partial charge in [-0.15, -0.1) is 0 Å². The molecule has 1 aliphatic rings. The van der Waals surface area contributed by atoms with E-state index in [1.54, 1.807) is 7.11 Å². The van der Waals surface area contributed by atoms with Crippen molar-refractivity contribution in [3.63, 3.8) is 0 Å². The first kappa shape index (κ1) is 13.5. The van der Waals surface area contributed by atoms with Crippen LogP contribution in [0.3, 0.4) is 0 Å². The van der Waals surface area contributed by atoms with E-state index in [4.69, 9.17) is 16.3 Å². The summed E-state index contributed by atoms with van der Waals surface area (Å²) in [7, 11) is 1.66. The first-order valence-electron chi connectivity index (χ1n) is 6.79. The fraction of sp³-hybridized carbons (Fsp3) is 0.294. The monoisotopic (exact) mass is 288 g/mol.